The van der Waals surface area contributed by atoms with Gasteiger partial charge in [-0.05, 0) is 50.5 Å². The average molecular weight is 400 g/mol. The highest BCUT2D eigenvalue weighted by atomic mass is 16.6. The number of carbonyl (C=O) groups excluding carboxylic acids is 3. The smallest absolute Gasteiger partial charge is 0.309 e. The highest BCUT2D eigenvalue weighted by molar-refractivity contribution is 5.91. The summed E-state index contributed by atoms with van der Waals surface area (Å²) in [5.41, 5.74) is 0.152. The molecule has 6 rings (SSSR count). The number of epoxide rings is 1. The van der Waals surface area contributed by atoms with Crippen LogP contribution in [0.1, 0.15) is 58.3 Å². The lowest BCUT2D eigenvalue weighted by molar-refractivity contribution is -0.169. The van der Waals surface area contributed by atoms with E-state index >= 15 is 0 Å². The van der Waals surface area contributed by atoms with E-state index in [0.29, 0.717) is 19.3 Å². The van der Waals surface area contributed by atoms with E-state index in [-0.39, 0.29) is 58.5 Å². The molecule has 5 fully saturated rings. The minimum Gasteiger partial charge on any atom is -0.469 e. The predicted octanol–water partition coefficient (Wildman–Crippen LogP) is 2.73. The first-order chi connectivity index (χ1) is 13.8. The van der Waals surface area contributed by atoms with Gasteiger partial charge >= 0.3 is 11.9 Å². The van der Waals surface area contributed by atoms with E-state index in [9.17, 15) is 14.4 Å². The number of ether oxygens (including phenoxy) is 3. The highest BCUT2D eigenvalue weighted by Crippen LogP contribution is 2.75. The van der Waals surface area contributed by atoms with E-state index in [1.165, 1.54) is 7.11 Å². The lowest BCUT2D eigenvalue weighted by atomic mass is 9.47. The lowest BCUT2D eigenvalue weighted by Gasteiger charge is -2.55. The first kappa shape index (κ1) is 18.1. The maximum absolute atomic E-state index is 12.9. The van der Waals surface area contributed by atoms with Crippen molar-refractivity contribution in [1.82, 2.24) is 0 Å². The summed E-state index contributed by atoms with van der Waals surface area (Å²) in [6, 6.07) is 0. The fourth-order valence-electron chi connectivity index (χ4n) is 8.32. The second kappa shape index (κ2) is 5.51. The SMILES string of the molecule is COC(=O)[C@@H]1CC2=CC(=O)CCC2[C@@]23O[C@@H]2C[C@@]2(C)[C@@H](CC[C@@]24CCC(=O)O4)[C@H]13. The molecule has 156 valence electrons. The van der Waals surface area contributed by atoms with Crippen LogP contribution in [-0.4, -0.2) is 42.1 Å². The van der Waals surface area contributed by atoms with E-state index in [2.05, 4.69) is 6.92 Å². The molecule has 29 heavy (non-hydrogen) atoms. The Labute approximate surface area is 170 Å². The zero-order valence-electron chi connectivity index (χ0n) is 17.1. The molecule has 6 heteroatoms. The van der Waals surface area contributed by atoms with Crippen molar-refractivity contribution in [2.45, 2.75) is 75.6 Å². The number of methoxy groups -OCH3 is 1. The van der Waals surface area contributed by atoms with Crippen LogP contribution >= 0.6 is 0 Å². The van der Waals surface area contributed by atoms with Gasteiger partial charge < -0.3 is 14.2 Å². The molecule has 0 aromatic rings. The van der Waals surface area contributed by atoms with Gasteiger partial charge in [0.1, 0.15) is 11.2 Å². The molecular formula is C23H28O6. The summed E-state index contributed by atoms with van der Waals surface area (Å²) < 4.78 is 17.8. The summed E-state index contributed by atoms with van der Waals surface area (Å²) in [7, 11) is 1.45. The monoisotopic (exact) mass is 400 g/mol. The van der Waals surface area contributed by atoms with E-state index < -0.39 is 5.60 Å². The summed E-state index contributed by atoms with van der Waals surface area (Å²) >= 11 is 0. The second-order valence-electron chi connectivity index (χ2n) is 10.3. The molecule has 1 unspecified atom stereocenters. The van der Waals surface area contributed by atoms with E-state index in [0.717, 1.165) is 37.7 Å². The summed E-state index contributed by atoms with van der Waals surface area (Å²) in [6.45, 7) is 2.26. The molecule has 0 aromatic carbocycles. The van der Waals surface area contributed by atoms with Crippen molar-refractivity contribution in [3.05, 3.63) is 11.6 Å². The Balaban J connectivity index is 1.46. The van der Waals surface area contributed by atoms with E-state index in [1.54, 1.807) is 6.08 Å². The third-order valence-corrected chi connectivity index (χ3v) is 9.53. The molecule has 0 N–H and O–H groups in total. The Kier molecular flexibility index (Phi) is 3.44. The largest absolute Gasteiger partial charge is 0.469 e. The summed E-state index contributed by atoms with van der Waals surface area (Å²) in [5, 5.41) is 0. The van der Waals surface area contributed by atoms with Gasteiger partial charge in [-0.1, -0.05) is 12.5 Å². The van der Waals surface area contributed by atoms with Gasteiger partial charge in [-0.2, -0.15) is 0 Å². The van der Waals surface area contributed by atoms with Gasteiger partial charge in [-0.15, -0.1) is 0 Å². The Morgan fingerprint density at radius 3 is 2.76 bits per heavy atom. The summed E-state index contributed by atoms with van der Waals surface area (Å²) in [5.74, 6) is 0.117. The first-order valence-electron chi connectivity index (χ1n) is 11.1. The van der Waals surface area contributed by atoms with Crippen molar-refractivity contribution in [2.75, 3.05) is 7.11 Å². The van der Waals surface area contributed by atoms with E-state index in [1.807, 2.05) is 0 Å². The molecule has 8 atom stereocenters. The third-order valence-electron chi connectivity index (χ3n) is 9.53. The lowest BCUT2D eigenvalue weighted by Crippen LogP contribution is -2.60. The maximum atomic E-state index is 12.9. The van der Waals surface area contributed by atoms with E-state index in [4.69, 9.17) is 14.2 Å². The fourth-order valence-corrected chi connectivity index (χ4v) is 8.32. The third kappa shape index (κ3) is 2.04. The summed E-state index contributed by atoms with van der Waals surface area (Å²) in [6.07, 6.45) is 7.76. The van der Waals surface area contributed by atoms with Crippen LogP contribution in [-0.2, 0) is 28.6 Å². The minimum atomic E-state index is -0.411. The van der Waals surface area contributed by atoms with Crippen LogP contribution in [0.4, 0.5) is 0 Å². The van der Waals surface area contributed by atoms with Crippen molar-refractivity contribution in [1.29, 1.82) is 0 Å². The van der Waals surface area contributed by atoms with Gasteiger partial charge in [0, 0.05) is 30.1 Å². The molecule has 0 aromatic heterocycles. The van der Waals surface area contributed by atoms with Crippen LogP contribution in [0, 0.1) is 29.1 Å². The molecule has 0 bridgehead atoms. The number of carbonyl (C=O) groups is 3. The zero-order valence-corrected chi connectivity index (χ0v) is 17.1. The molecular weight excluding hydrogens is 372 g/mol. The van der Waals surface area contributed by atoms with Gasteiger partial charge in [-0.25, -0.2) is 0 Å². The molecule has 2 saturated heterocycles. The standard InChI is InChI=1S/C23H28O6/c1-21-11-17-23(28-17)15-4-3-13(24)9-12(15)10-14(20(26)27-2)19(23)16(21)5-7-22(21)8-6-18(25)29-22/h9,14-17,19H,3-8,10-11H2,1-2H3/t14-,15?,16+,17-,19+,21+,22-,23-/m1/s1. The topological polar surface area (TPSA) is 82.2 Å². The molecule has 0 amide bonds. The fraction of sp³-hybridized carbons (Fsp3) is 0.783. The molecule has 2 aliphatic heterocycles. The zero-order chi connectivity index (χ0) is 20.2. The average Bonchev–Trinajstić information content (AvgIpc) is 3.14. The number of hydrogen-bond donors (Lipinski definition) is 0. The van der Waals surface area contributed by atoms with Gasteiger partial charge in [0.15, 0.2) is 5.78 Å². The molecule has 0 radical (unpaired) electrons. The van der Waals surface area contributed by atoms with Crippen molar-refractivity contribution in [2.24, 2.45) is 29.1 Å². The molecule has 6 aliphatic rings. The quantitative estimate of drug-likeness (QED) is 0.497. The number of fused-ring (bicyclic) bond motifs is 4. The van der Waals surface area contributed by atoms with Gasteiger partial charge in [0.25, 0.3) is 0 Å². The van der Waals surface area contributed by atoms with Crippen molar-refractivity contribution >= 4 is 17.7 Å². The molecule has 2 heterocycles. The molecule has 6 nitrogen and oxygen atoms in total. The predicted molar refractivity (Wildman–Crippen MR) is 101 cm³/mol. The molecule has 4 aliphatic carbocycles. The van der Waals surface area contributed by atoms with Crippen molar-refractivity contribution < 1.29 is 28.6 Å². The maximum Gasteiger partial charge on any atom is 0.309 e. The number of ketones is 1. The highest BCUT2D eigenvalue weighted by Gasteiger charge is 2.80. The van der Waals surface area contributed by atoms with Crippen LogP contribution in [0.25, 0.3) is 0 Å². The normalized spacial score (nSPS) is 52.1. The van der Waals surface area contributed by atoms with Crippen LogP contribution < -0.4 is 0 Å². The van der Waals surface area contributed by atoms with Gasteiger partial charge in [0.2, 0.25) is 0 Å². The Hall–Kier alpha value is -1.69. The molecule has 2 spiro atoms. The summed E-state index contributed by atoms with van der Waals surface area (Å²) in [4.78, 5) is 37.1. The van der Waals surface area contributed by atoms with Crippen LogP contribution in [0.5, 0.6) is 0 Å². The Morgan fingerprint density at radius 1 is 1.21 bits per heavy atom. The van der Waals surface area contributed by atoms with Crippen LogP contribution in [0.3, 0.4) is 0 Å². The van der Waals surface area contributed by atoms with Crippen molar-refractivity contribution in [3.8, 4) is 0 Å². The first-order valence-corrected chi connectivity index (χ1v) is 11.1. The Bertz CT molecular complexity index is 861. The molecule has 3 saturated carbocycles. The van der Waals surface area contributed by atoms with Crippen LogP contribution in [0.2, 0.25) is 0 Å². The number of esters is 2. The van der Waals surface area contributed by atoms with Crippen molar-refractivity contribution in [3.63, 3.8) is 0 Å². The second-order valence-corrected chi connectivity index (χ2v) is 10.3. The number of hydrogen-bond acceptors (Lipinski definition) is 6. The Morgan fingerprint density at radius 2 is 2.03 bits per heavy atom. The van der Waals surface area contributed by atoms with Gasteiger partial charge in [0.05, 0.1) is 19.1 Å². The minimum absolute atomic E-state index is 0.0627. The number of rotatable bonds is 1. The van der Waals surface area contributed by atoms with Crippen LogP contribution in [0.15, 0.2) is 11.6 Å². The van der Waals surface area contributed by atoms with Gasteiger partial charge in [-0.3, -0.25) is 14.4 Å².